The first-order chi connectivity index (χ1) is 13.1. The molecule has 1 saturated heterocycles. The number of amides is 1. The highest BCUT2D eigenvalue weighted by atomic mass is 16.2. The van der Waals surface area contributed by atoms with E-state index in [2.05, 4.69) is 26.4 Å². The zero-order valence-electron chi connectivity index (χ0n) is 15.7. The van der Waals surface area contributed by atoms with Crippen LogP contribution >= 0.6 is 0 Å². The van der Waals surface area contributed by atoms with Crippen molar-refractivity contribution in [1.29, 1.82) is 0 Å². The van der Waals surface area contributed by atoms with Gasteiger partial charge in [-0.1, -0.05) is 0 Å². The van der Waals surface area contributed by atoms with E-state index < -0.39 is 0 Å². The second-order valence-electron chi connectivity index (χ2n) is 7.04. The number of aryl methyl sites for hydroxylation is 2. The quantitative estimate of drug-likeness (QED) is 0.717. The lowest BCUT2D eigenvalue weighted by Gasteiger charge is -2.34. The van der Waals surface area contributed by atoms with Crippen molar-refractivity contribution in [1.82, 2.24) is 24.4 Å². The summed E-state index contributed by atoms with van der Waals surface area (Å²) in [5, 5.41) is 0. The van der Waals surface area contributed by atoms with Gasteiger partial charge in [0.15, 0.2) is 0 Å². The van der Waals surface area contributed by atoms with E-state index in [0.29, 0.717) is 11.6 Å². The average Bonchev–Trinajstić information content (AvgIpc) is 3.10. The number of aromatic nitrogens is 4. The third-order valence-corrected chi connectivity index (χ3v) is 5.20. The standard InChI is InChI=1S/C21H23N5O/c1-15-3-4-18(14-23-15)21(27)25-11-7-19(8-12-25)26-16(2)13-24-20(26)17-5-9-22-10-6-17/h3-6,9-10,13-14,19H,7-8,11-12H2,1-2H3. The van der Waals surface area contributed by atoms with Gasteiger partial charge < -0.3 is 9.47 Å². The van der Waals surface area contributed by atoms with Crippen molar-refractivity contribution in [3.8, 4) is 11.4 Å². The number of carbonyl (C=O) groups is 1. The van der Waals surface area contributed by atoms with Gasteiger partial charge in [0.1, 0.15) is 5.82 Å². The molecule has 3 aromatic rings. The summed E-state index contributed by atoms with van der Waals surface area (Å²) in [6, 6.07) is 8.06. The summed E-state index contributed by atoms with van der Waals surface area (Å²) in [6.45, 7) is 5.50. The summed E-state index contributed by atoms with van der Waals surface area (Å²) in [7, 11) is 0. The number of pyridine rings is 2. The average molecular weight is 361 g/mol. The van der Waals surface area contributed by atoms with Crippen LogP contribution in [0.5, 0.6) is 0 Å². The third kappa shape index (κ3) is 3.47. The molecule has 0 atom stereocenters. The van der Waals surface area contributed by atoms with Gasteiger partial charge in [0, 0.05) is 60.9 Å². The molecular formula is C21H23N5O. The van der Waals surface area contributed by atoms with Crippen LogP contribution in [-0.2, 0) is 0 Å². The van der Waals surface area contributed by atoms with Gasteiger partial charge in [0.05, 0.1) is 5.56 Å². The van der Waals surface area contributed by atoms with Crippen LogP contribution in [0.4, 0.5) is 0 Å². The molecule has 27 heavy (non-hydrogen) atoms. The van der Waals surface area contributed by atoms with Crippen LogP contribution in [0.25, 0.3) is 11.4 Å². The van der Waals surface area contributed by atoms with Gasteiger partial charge in [0.2, 0.25) is 0 Å². The zero-order chi connectivity index (χ0) is 18.8. The molecule has 0 aromatic carbocycles. The van der Waals surface area contributed by atoms with Gasteiger partial charge in [-0.2, -0.15) is 0 Å². The molecule has 0 spiro atoms. The van der Waals surface area contributed by atoms with Crippen LogP contribution in [0.15, 0.2) is 49.1 Å². The van der Waals surface area contributed by atoms with E-state index in [9.17, 15) is 4.79 Å². The normalized spacial score (nSPS) is 15.1. The Hall–Kier alpha value is -3.02. The Kier molecular flexibility index (Phi) is 4.71. The topological polar surface area (TPSA) is 63.9 Å². The molecule has 6 nitrogen and oxygen atoms in total. The highest BCUT2D eigenvalue weighted by Crippen LogP contribution is 2.30. The minimum atomic E-state index is 0.0673. The van der Waals surface area contributed by atoms with Gasteiger partial charge in [0.25, 0.3) is 5.91 Å². The van der Waals surface area contributed by atoms with Crippen molar-refractivity contribution in [2.45, 2.75) is 32.7 Å². The number of piperidine rings is 1. The molecule has 1 aliphatic rings. The van der Waals surface area contributed by atoms with Crippen LogP contribution in [0.2, 0.25) is 0 Å². The summed E-state index contributed by atoms with van der Waals surface area (Å²) < 4.78 is 2.31. The minimum absolute atomic E-state index is 0.0673. The Morgan fingerprint density at radius 1 is 1.00 bits per heavy atom. The Balaban J connectivity index is 1.49. The van der Waals surface area contributed by atoms with E-state index in [1.807, 2.05) is 42.3 Å². The second kappa shape index (κ2) is 7.31. The molecule has 0 aliphatic carbocycles. The Morgan fingerprint density at radius 3 is 2.41 bits per heavy atom. The maximum Gasteiger partial charge on any atom is 0.255 e. The number of hydrogen-bond donors (Lipinski definition) is 0. The van der Waals surface area contributed by atoms with Crippen molar-refractivity contribution >= 4 is 5.91 Å². The van der Waals surface area contributed by atoms with Gasteiger partial charge >= 0.3 is 0 Å². The third-order valence-electron chi connectivity index (χ3n) is 5.20. The summed E-state index contributed by atoms with van der Waals surface area (Å²) >= 11 is 0. The number of imidazole rings is 1. The van der Waals surface area contributed by atoms with Crippen LogP contribution in [0, 0.1) is 13.8 Å². The minimum Gasteiger partial charge on any atom is -0.338 e. The molecule has 0 saturated carbocycles. The van der Waals surface area contributed by atoms with E-state index >= 15 is 0 Å². The fourth-order valence-electron chi connectivity index (χ4n) is 3.73. The molecule has 1 aliphatic heterocycles. The Labute approximate surface area is 158 Å². The lowest BCUT2D eigenvalue weighted by atomic mass is 10.0. The molecule has 1 fully saturated rings. The number of carbonyl (C=O) groups excluding carboxylic acids is 1. The maximum atomic E-state index is 12.7. The Morgan fingerprint density at radius 2 is 1.74 bits per heavy atom. The molecule has 6 heteroatoms. The van der Waals surface area contributed by atoms with Gasteiger partial charge in [-0.3, -0.25) is 14.8 Å². The first-order valence-corrected chi connectivity index (χ1v) is 9.29. The predicted octanol–water partition coefficient (Wildman–Crippen LogP) is 3.43. The van der Waals surface area contributed by atoms with Crippen molar-refractivity contribution in [3.63, 3.8) is 0 Å². The highest BCUT2D eigenvalue weighted by molar-refractivity contribution is 5.94. The van der Waals surface area contributed by atoms with Crippen molar-refractivity contribution < 1.29 is 4.79 Å². The number of likely N-dealkylation sites (tertiary alicyclic amines) is 1. The lowest BCUT2D eigenvalue weighted by Crippen LogP contribution is -2.39. The fraction of sp³-hybridized carbons (Fsp3) is 0.333. The number of hydrogen-bond acceptors (Lipinski definition) is 4. The van der Waals surface area contributed by atoms with E-state index in [1.165, 1.54) is 0 Å². The monoisotopic (exact) mass is 361 g/mol. The number of rotatable bonds is 3. The molecule has 3 aromatic heterocycles. The summed E-state index contributed by atoms with van der Waals surface area (Å²) in [6.07, 6.45) is 9.01. The second-order valence-corrected chi connectivity index (χ2v) is 7.04. The summed E-state index contributed by atoms with van der Waals surface area (Å²) in [4.78, 5) is 27.6. The molecular weight excluding hydrogens is 338 g/mol. The molecule has 4 heterocycles. The first kappa shape index (κ1) is 17.4. The molecule has 4 rings (SSSR count). The zero-order valence-corrected chi connectivity index (χ0v) is 15.7. The highest BCUT2D eigenvalue weighted by Gasteiger charge is 2.27. The van der Waals surface area contributed by atoms with E-state index in [1.54, 1.807) is 18.6 Å². The molecule has 1 amide bonds. The summed E-state index contributed by atoms with van der Waals surface area (Å²) in [5.74, 6) is 1.04. The Bertz CT molecular complexity index is 925. The SMILES string of the molecule is Cc1ccc(C(=O)N2CCC(n3c(C)cnc3-c3ccncc3)CC2)cn1. The molecule has 0 N–H and O–H groups in total. The van der Waals surface area contributed by atoms with E-state index in [-0.39, 0.29) is 5.91 Å². The molecule has 0 radical (unpaired) electrons. The van der Waals surface area contributed by atoms with E-state index in [4.69, 9.17) is 0 Å². The van der Waals surface area contributed by atoms with Gasteiger partial charge in [-0.25, -0.2) is 4.98 Å². The maximum absolute atomic E-state index is 12.7. The lowest BCUT2D eigenvalue weighted by molar-refractivity contribution is 0.0694. The fourth-order valence-corrected chi connectivity index (χ4v) is 3.73. The predicted molar refractivity (Wildman–Crippen MR) is 103 cm³/mol. The largest absolute Gasteiger partial charge is 0.338 e. The van der Waals surface area contributed by atoms with Crippen LogP contribution < -0.4 is 0 Å². The van der Waals surface area contributed by atoms with Crippen molar-refractivity contribution in [2.24, 2.45) is 0 Å². The van der Waals surface area contributed by atoms with Gasteiger partial charge in [-0.15, -0.1) is 0 Å². The molecule has 0 unspecified atom stereocenters. The molecule has 138 valence electrons. The number of nitrogens with zero attached hydrogens (tertiary/aromatic N) is 5. The van der Waals surface area contributed by atoms with Crippen LogP contribution in [-0.4, -0.2) is 43.4 Å². The first-order valence-electron chi connectivity index (χ1n) is 9.29. The van der Waals surface area contributed by atoms with Crippen molar-refractivity contribution in [3.05, 3.63) is 66.0 Å². The van der Waals surface area contributed by atoms with Crippen LogP contribution in [0.3, 0.4) is 0 Å². The van der Waals surface area contributed by atoms with Crippen molar-refractivity contribution in [2.75, 3.05) is 13.1 Å². The van der Waals surface area contributed by atoms with Gasteiger partial charge in [-0.05, 0) is 51.0 Å². The van der Waals surface area contributed by atoms with E-state index in [0.717, 1.165) is 48.7 Å². The smallest absolute Gasteiger partial charge is 0.255 e. The molecule has 0 bridgehead atoms. The summed E-state index contributed by atoms with van der Waals surface area (Å²) in [5.41, 5.74) is 3.80. The van der Waals surface area contributed by atoms with Crippen LogP contribution in [0.1, 0.15) is 40.6 Å².